The minimum Gasteiger partial charge on any atom is -0.379 e. The molecule has 3 aromatic rings. The largest absolute Gasteiger partial charge is 0.517 e. The van der Waals surface area contributed by atoms with Gasteiger partial charge in [0.05, 0.1) is 10.9 Å². The van der Waals surface area contributed by atoms with Crippen molar-refractivity contribution in [1.82, 2.24) is 0 Å². The van der Waals surface area contributed by atoms with Crippen molar-refractivity contribution in [2.75, 3.05) is 0 Å². The quantitative estimate of drug-likeness (QED) is 0.486. The highest BCUT2D eigenvalue weighted by molar-refractivity contribution is 5.88. The molecule has 1 aromatic heterocycles. The molecule has 2 aromatic carbocycles. The van der Waals surface area contributed by atoms with Gasteiger partial charge in [-0.25, -0.2) is 0 Å². The summed E-state index contributed by atoms with van der Waals surface area (Å²) in [5.74, 6) is 1.01. The van der Waals surface area contributed by atoms with E-state index in [4.69, 9.17) is 4.74 Å². The predicted molar refractivity (Wildman–Crippen MR) is 113 cm³/mol. The summed E-state index contributed by atoms with van der Waals surface area (Å²) in [7, 11) is 0. The molecule has 2 aliphatic heterocycles. The van der Waals surface area contributed by atoms with Crippen LogP contribution in [0.4, 0.5) is 5.69 Å². The molecule has 0 N–H and O–H groups in total. The monoisotopic (exact) mass is 372 g/mol. The molecular formula is C25H28N2O+2. The van der Waals surface area contributed by atoms with E-state index in [1.165, 1.54) is 33.3 Å². The highest BCUT2D eigenvalue weighted by Gasteiger charge is 2.49. The Morgan fingerprint density at radius 3 is 2.36 bits per heavy atom. The number of aromatic nitrogens is 1. The first kappa shape index (κ1) is 17.4. The predicted octanol–water partition coefficient (Wildman–Crippen LogP) is 5.35. The van der Waals surface area contributed by atoms with Crippen molar-refractivity contribution in [2.24, 2.45) is 0 Å². The molecule has 142 valence electrons. The van der Waals surface area contributed by atoms with Crippen molar-refractivity contribution in [3.05, 3.63) is 65.4 Å². The van der Waals surface area contributed by atoms with E-state index in [1.54, 1.807) is 0 Å². The molecule has 0 aliphatic carbocycles. The Morgan fingerprint density at radius 2 is 1.64 bits per heavy atom. The Hall–Kier alpha value is -2.68. The lowest BCUT2D eigenvalue weighted by molar-refractivity contribution is -0.861. The topological polar surface area (TPSA) is 16.1 Å². The van der Waals surface area contributed by atoms with E-state index >= 15 is 0 Å². The van der Waals surface area contributed by atoms with Gasteiger partial charge in [0.2, 0.25) is 0 Å². The van der Waals surface area contributed by atoms with Crippen molar-refractivity contribution < 1.29 is 13.9 Å². The third kappa shape index (κ3) is 2.42. The number of ether oxygens (including phenoxy) is 1. The van der Waals surface area contributed by atoms with Gasteiger partial charge in [-0.1, -0.05) is 62.8 Å². The standard InChI is InChI=1S/C25H28N2O/c1-24(2,3)18-13-17-15-27-20-11-7-9-16-10-8-12-26(21(16)20)23(27)28-22(17)19(14-18)25(4,5)6/h7-15,23H,1-6H3/q+2/t23-/m1/s1. The lowest BCUT2D eigenvalue weighted by Gasteiger charge is -2.29. The van der Waals surface area contributed by atoms with Crippen molar-refractivity contribution in [3.63, 3.8) is 0 Å². The van der Waals surface area contributed by atoms with Gasteiger partial charge in [-0.2, -0.15) is 0 Å². The zero-order valence-corrected chi connectivity index (χ0v) is 17.6. The molecule has 3 nitrogen and oxygen atoms in total. The van der Waals surface area contributed by atoms with E-state index < -0.39 is 0 Å². The fraction of sp³-hybridized carbons (Fsp3) is 0.360. The SMILES string of the molecule is CC(C)(C)c1cc2c(c(C(C)(C)C)c1)O[C@H]1[N+](=C2)c2cccc3ccc[n+]1c23. The van der Waals surface area contributed by atoms with E-state index in [9.17, 15) is 0 Å². The summed E-state index contributed by atoms with van der Waals surface area (Å²) < 4.78 is 11.2. The van der Waals surface area contributed by atoms with E-state index in [1.807, 2.05) is 0 Å². The number of benzene rings is 2. The van der Waals surface area contributed by atoms with E-state index in [-0.39, 0.29) is 17.2 Å². The summed E-state index contributed by atoms with van der Waals surface area (Å²) in [6.07, 6.45) is 4.22. The fourth-order valence-electron chi connectivity index (χ4n) is 4.29. The van der Waals surface area contributed by atoms with Crippen molar-refractivity contribution >= 4 is 22.8 Å². The van der Waals surface area contributed by atoms with Gasteiger partial charge in [0.15, 0.2) is 18.2 Å². The van der Waals surface area contributed by atoms with Crippen LogP contribution in [-0.2, 0) is 10.8 Å². The Bertz CT molecular complexity index is 1150. The van der Waals surface area contributed by atoms with Gasteiger partial charge in [0, 0.05) is 17.7 Å². The van der Waals surface area contributed by atoms with E-state index in [2.05, 4.69) is 106 Å². The molecule has 0 saturated carbocycles. The molecule has 0 fully saturated rings. The summed E-state index contributed by atoms with van der Waals surface area (Å²) in [5, 5.41) is 1.24. The summed E-state index contributed by atoms with van der Waals surface area (Å²) in [6.45, 7) is 13.6. The lowest BCUT2D eigenvalue weighted by atomic mass is 9.79. The van der Waals surface area contributed by atoms with Crippen LogP contribution >= 0.6 is 0 Å². The highest BCUT2D eigenvalue weighted by Crippen LogP contribution is 2.43. The smallest absolute Gasteiger partial charge is 0.379 e. The van der Waals surface area contributed by atoms with Gasteiger partial charge in [0.1, 0.15) is 0 Å². The van der Waals surface area contributed by atoms with Gasteiger partial charge in [-0.15, -0.1) is 0 Å². The number of hydrogen-bond donors (Lipinski definition) is 0. The number of pyridine rings is 1. The van der Waals surface area contributed by atoms with Crippen LogP contribution in [0.5, 0.6) is 5.75 Å². The molecular weight excluding hydrogens is 344 g/mol. The highest BCUT2D eigenvalue weighted by atomic mass is 16.5. The third-order valence-corrected chi connectivity index (χ3v) is 5.87. The second kappa shape index (κ2) is 5.44. The second-order valence-electron chi connectivity index (χ2n) is 10.1. The van der Waals surface area contributed by atoms with Crippen LogP contribution in [0.2, 0.25) is 0 Å². The fourth-order valence-corrected chi connectivity index (χ4v) is 4.29. The van der Waals surface area contributed by atoms with Crippen LogP contribution in [-0.4, -0.2) is 10.8 Å². The third-order valence-electron chi connectivity index (χ3n) is 5.87. The molecule has 28 heavy (non-hydrogen) atoms. The average Bonchev–Trinajstić information content (AvgIpc) is 2.93. The molecule has 0 saturated heterocycles. The number of para-hydroxylation sites is 1. The first-order valence-corrected chi connectivity index (χ1v) is 10.1. The number of hydrogen-bond acceptors (Lipinski definition) is 1. The van der Waals surface area contributed by atoms with Crippen molar-refractivity contribution in [3.8, 4) is 5.75 Å². The number of nitrogens with zero attached hydrogens (tertiary/aromatic N) is 2. The van der Waals surface area contributed by atoms with Crippen LogP contribution in [0.25, 0.3) is 10.9 Å². The average molecular weight is 373 g/mol. The van der Waals surface area contributed by atoms with Crippen LogP contribution in [0.3, 0.4) is 0 Å². The molecule has 0 bridgehead atoms. The van der Waals surface area contributed by atoms with Gasteiger partial charge in [0.25, 0.3) is 11.2 Å². The van der Waals surface area contributed by atoms with Crippen molar-refractivity contribution in [1.29, 1.82) is 0 Å². The van der Waals surface area contributed by atoms with Crippen molar-refractivity contribution in [2.45, 2.75) is 58.7 Å². The minimum absolute atomic E-state index is 0.00346. The first-order chi connectivity index (χ1) is 13.1. The summed E-state index contributed by atoms with van der Waals surface area (Å²) in [6, 6.07) is 15.4. The molecule has 0 radical (unpaired) electrons. The maximum absolute atomic E-state index is 6.71. The van der Waals surface area contributed by atoms with E-state index in [0.717, 1.165) is 5.75 Å². The van der Waals surface area contributed by atoms with Crippen LogP contribution in [0, 0.1) is 0 Å². The minimum atomic E-state index is -0.171. The van der Waals surface area contributed by atoms with Crippen LogP contribution in [0.1, 0.15) is 64.6 Å². The number of rotatable bonds is 0. The first-order valence-electron chi connectivity index (χ1n) is 10.1. The normalized spacial score (nSPS) is 17.8. The Labute approximate surface area is 166 Å². The molecule has 0 unspecified atom stereocenters. The molecule has 0 spiro atoms. The zero-order valence-electron chi connectivity index (χ0n) is 17.6. The molecule has 1 atom stereocenters. The summed E-state index contributed by atoms with van der Waals surface area (Å²) in [4.78, 5) is 0. The Morgan fingerprint density at radius 1 is 0.893 bits per heavy atom. The van der Waals surface area contributed by atoms with E-state index in [0.29, 0.717) is 0 Å². The molecule has 5 rings (SSSR count). The van der Waals surface area contributed by atoms with Crippen LogP contribution < -0.4 is 9.30 Å². The summed E-state index contributed by atoms with van der Waals surface area (Å²) in [5.41, 5.74) is 6.30. The Balaban J connectivity index is 1.79. The molecule has 0 amide bonds. The Kier molecular flexibility index (Phi) is 3.38. The maximum Gasteiger partial charge on any atom is 0.517 e. The maximum atomic E-state index is 6.71. The lowest BCUT2D eigenvalue weighted by Crippen LogP contribution is -2.45. The zero-order chi connectivity index (χ0) is 19.8. The summed E-state index contributed by atoms with van der Waals surface area (Å²) >= 11 is 0. The second-order valence-corrected chi connectivity index (χ2v) is 10.1. The van der Waals surface area contributed by atoms with Gasteiger partial charge in [-0.05, 0) is 34.6 Å². The van der Waals surface area contributed by atoms with Gasteiger partial charge >= 0.3 is 6.35 Å². The van der Waals surface area contributed by atoms with Gasteiger partial charge in [-0.3, -0.25) is 0 Å². The number of fused-ring (bicyclic) bond motifs is 4. The molecule has 2 aliphatic rings. The molecule has 3 heterocycles. The molecule has 3 heteroatoms. The van der Waals surface area contributed by atoms with Crippen LogP contribution in [0.15, 0.2) is 48.7 Å². The van der Waals surface area contributed by atoms with Gasteiger partial charge < -0.3 is 4.74 Å².